The molecular formula is C19H22N4O2S. The minimum atomic E-state index is -0.621. The highest BCUT2D eigenvalue weighted by atomic mass is 32.2. The summed E-state index contributed by atoms with van der Waals surface area (Å²) < 4.78 is 7.37. The first-order chi connectivity index (χ1) is 12.5. The second kappa shape index (κ2) is 8.33. The van der Waals surface area contributed by atoms with Gasteiger partial charge in [0.15, 0.2) is 0 Å². The molecule has 1 heterocycles. The van der Waals surface area contributed by atoms with Crippen molar-refractivity contribution < 1.29 is 9.84 Å². The lowest BCUT2D eigenvalue weighted by Gasteiger charge is -2.13. The van der Waals surface area contributed by atoms with Gasteiger partial charge < -0.3 is 9.84 Å². The average molecular weight is 370 g/mol. The Kier molecular flexibility index (Phi) is 5.90. The Morgan fingerprint density at radius 2 is 1.73 bits per heavy atom. The fraction of sp³-hybridized carbons (Fsp3) is 0.316. The summed E-state index contributed by atoms with van der Waals surface area (Å²) in [5, 5.41) is 22.7. The predicted molar refractivity (Wildman–Crippen MR) is 102 cm³/mol. The van der Waals surface area contributed by atoms with Crippen molar-refractivity contribution in [3.63, 3.8) is 0 Å². The molecule has 7 heteroatoms. The van der Waals surface area contributed by atoms with Crippen molar-refractivity contribution in [3.05, 3.63) is 59.2 Å². The number of thioether (sulfide) groups is 1. The van der Waals surface area contributed by atoms with Crippen LogP contribution in [0.1, 0.15) is 16.7 Å². The molecule has 1 atom stereocenters. The number of rotatable bonds is 7. The van der Waals surface area contributed by atoms with Crippen LogP contribution in [0.4, 0.5) is 0 Å². The third-order valence-corrected chi connectivity index (χ3v) is 4.83. The van der Waals surface area contributed by atoms with E-state index in [9.17, 15) is 5.11 Å². The molecule has 0 saturated carbocycles. The van der Waals surface area contributed by atoms with Crippen molar-refractivity contribution in [2.24, 2.45) is 0 Å². The lowest BCUT2D eigenvalue weighted by Crippen LogP contribution is -2.20. The summed E-state index contributed by atoms with van der Waals surface area (Å²) in [5.41, 5.74) is 4.35. The number of tetrazole rings is 1. The van der Waals surface area contributed by atoms with Crippen molar-refractivity contribution in [1.29, 1.82) is 0 Å². The third kappa shape index (κ3) is 4.83. The van der Waals surface area contributed by atoms with Crippen LogP contribution in [0.2, 0.25) is 0 Å². The molecule has 0 bridgehead atoms. The van der Waals surface area contributed by atoms with Gasteiger partial charge in [-0.3, -0.25) is 0 Å². The molecule has 3 rings (SSSR count). The first kappa shape index (κ1) is 18.4. The average Bonchev–Trinajstić information content (AvgIpc) is 3.06. The lowest BCUT2D eigenvalue weighted by molar-refractivity contribution is 0.126. The topological polar surface area (TPSA) is 73.1 Å². The van der Waals surface area contributed by atoms with Crippen molar-refractivity contribution in [1.82, 2.24) is 20.2 Å². The van der Waals surface area contributed by atoms with Gasteiger partial charge >= 0.3 is 0 Å². The largest absolute Gasteiger partial charge is 0.491 e. The van der Waals surface area contributed by atoms with Crippen molar-refractivity contribution in [3.8, 4) is 11.4 Å². The molecular weight excluding hydrogens is 348 g/mol. The van der Waals surface area contributed by atoms with Crippen LogP contribution in [0.15, 0.2) is 47.6 Å². The number of benzene rings is 2. The quantitative estimate of drug-likeness (QED) is 0.644. The van der Waals surface area contributed by atoms with E-state index >= 15 is 0 Å². The standard InChI is InChI=1S/C19H22N4O2S/c1-13-4-6-16(7-5-13)23-19(20-21-22-23)26-12-17(24)11-25-18-9-14(2)8-15(3)10-18/h4-10,17,24H,11-12H2,1-3H3/t17-/m0/s1. The van der Waals surface area contributed by atoms with Crippen LogP contribution < -0.4 is 4.74 Å². The fourth-order valence-corrected chi connectivity index (χ4v) is 3.34. The number of hydrogen-bond acceptors (Lipinski definition) is 6. The molecule has 0 spiro atoms. The van der Waals surface area contributed by atoms with Gasteiger partial charge in [-0.1, -0.05) is 35.5 Å². The summed E-state index contributed by atoms with van der Waals surface area (Å²) in [6, 6.07) is 14.0. The van der Waals surface area contributed by atoms with Gasteiger partial charge in [0.25, 0.3) is 0 Å². The monoisotopic (exact) mass is 370 g/mol. The first-order valence-electron chi connectivity index (χ1n) is 8.38. The van der Waals surface area contributed by atoms with Gasteiger partial charge in [0, 0.05) is 5.75 Å². The molecule has 2 aromatic carbocycles. The van der Waals surface area contributed by atoms with Crippen molar-refractivity contribution in [2.75, 3.05) is 12.4 Å². The molecule has 0 amide bonds. The Balaban J connectivity index is 1.56. The normalized spacial score (nSPS) is 12.2. The summed E-state index contributed by atoms with van der Waals surface area (Å²) in [6.07, 6.45) is -0.621. The highest BCUT2D eigenvalue weighted by Gasteiger charge is 2.13. The van der Waals surface area contributed by atoms with Gasteiger partial charge in [-0.05, 0) is 66.6 Å². The van der Waals surface area contributed by atoms with Crippen LogP contribution in [-0.4, -0.2) is 43.8 Å². The Bertz CT molecular complexity index is 844. The second-order valence-corrected chi connectivity index (χ2v) is 7.30. The molecule has 0 aliphatic carbocycles. The number of ether oxygens (including phenoxy) is 1. The van der Waals surface area contributed by atoms with Gasteiger partial charge in [0.05, 0.1) is 11.8 Å². The highest BCUT2D eigenvalue weighted by molar-refractivity contribution is 7.99. The van der Waals surface area contributed by atoms with Crippen molar-refractivity contribution in [2.45, 2.75) is 32.0 Å². The maximum Gasteiger partial charge on any atom is 0.214 e. The Hall–Kier alpha value is -2.38. The minimum absolute atomic E-state index is 0.224. The summed E-state index contributed by atoms with van der Waals surface area (Å²) in [7, 11) is 0. The third-order valence-electron chi connectivity index (χ3n) is 3.76. The highest BCUT2D eigenvalue weighted by Crippen LogP contribution is 2.20. The molecule has 1 N–H and O–H groups in total. The molecule has 0 saturated heterocycles. The van der Waals surface area contributed by atoms with Crippen molar-refractivity contribution >= 4 is 11.8 Å². The van der Waals surface area contributed by atoms with E-state index in [-0.39, 0.29) is 6.61 Å². The molecule has 0 aliphatic heterocycles. The second-order valence-electron chi connectivity index (χ2n) is 6.31. The van der Waals surface area contributed by atoms with Crippen LogP contribution in [0.3, 0.4) is 0 Å². The zero-order chi connectivity index (χ0) is 18.5. The van der Waals surface area contributed by atoms with Gasteiger partial charge in [0.1, 0.15) is 12.4 Å². The summed E-state index contributed by atoms with van der Waals surface area (Å²) in [6.45, 7) is 6.31. The smallest absolute Gasteiger partial charge is 0.214 e. The number of aliphatic hydroxyl groups is 1. The zero-order valence-electron chi connectivity index (χ0n) is 15.1. The number of nitrogens with zero attached hydrogens (tertiary/aromatic N) is 4. The first-order valence-corrected chi connectivity index (χ1v) is 9.37. The Labute approximate surface area is 157 Å². The molecule has 26 heavy (non-hydrogen) atoms. The van der Waals surface area contributed by atoms with Gasteiger partial charge in [-0.2, -0.15) is 4.68 Å². The summed E-state index contributed by atoms with van der Waals surface area (Å²) >= 11 is 1.40. The molecule has 0 fully saturated rings. The van der Waals surface area contributed by atoms with Crippen LogP contribution in [0, 0.1) is 20.8 Å². The molecule has 0 radical (unpaired) electrons. The van der Waals surface area contributed by atoms with E-state index in [1.807, 2.05) is 57.2 Å². The van der Waals surface area contributed by atoms with Crippen LogP contribution >= 0.6 is 11.8 Å². The molecule has 6 nitrogen and oxygen atoms in total. The number of hydrogen-bond donors (Lipinski definition) is 1. The molecule has 136 valence electrons. The van der Waals surface area contributed by atoms with Gasteiger partial charge in [-0.15, -0.1) is 5.10 Å². The number of aryl methyl sites for hydroxylation is 3. The van der Waals surface area contributed by atoms with E-state index in [4.69, 9.17) is 4.74 Å². The van der Waals surface area contributed by atoms with E-state index < -0.39 is 6.10 Å². The zero-order valence-corrected chi connectivity index (χ0v) is 15.9. The fourth-order valence-electron chi connectivity index (χ4n) is 2.54. The molecule has 0 aliphatic rings. The van der Waals surface area contributed by atoms with E-state index in [1.54, 1.807) is 4.68 Å². The van der Waals surface area contributed by atoms with Crippen LogP contribution in [0.25, 0.3) is 5.69 Å². The summed E-state index contributed by atoms with van der Waals surface area (Å²) in [4.78, 5) is 0. The van der Waals surface area contributed by atoms with E-state index in [0.717, 1.165) is 22.6 Å². The molecule has 3 aromatic rings. The maximum absolute atomic E-state index is 10.2. The van der Waals surface area contributed by atoms with E-state index in [0.29, 0.717) is 10.9 Å². The summed E-state index contributed by atoms with van der Waals surface area (Å²) in [5.74, 6) is 1.22. The van der Waals surface area contributed by atoms with E-state index in [2.05, 4.69) is 21.6 Å². The molecule has 0 unspecified atom stereocenters. The minimum Gasteiger partial charge on any atom is -0.491 e. The van der Waals surface area contributed by atoms with Crippen LogP contribution in [-0.2, 0) is 0 Å². The van der Waals surface area contributed by atoms with E-state index in [1.165, 1.54) is 17.3 Å². The number of aromatic nitrogens is 4. The van der Waals surface area contributed by atoms with Gasteiger partial charge in [-0.25, -0.2) is 0 Å². The Morgan fingerprint density at radius 1 is 1.04 bits per heavy atom. The SMILES string of the molecule is Cc1ccc(-n2nnnc2SC[C@@H](O)COc2cc(C)cc(C)c2)cc1. The van der Waals surface area contributed by atoms with Crippen LogP contribution in [0.5, 0.6) is 5.75 Å². The number of aliphatic hydroxyl groups excluding tert-OH is 1. The van der Waals surface area contributed by atoms with Gasteiger partial charge in [0.2, 0.25) is 5.16 Å². The maximum atomic E-state index is 10.2. The lowest BCUT2D eigenvalue weighted by atomic mass is 10.1. The predicted octanol–water partition coefficient (Wildman–Crippen LogP) is 3.12. The molecule has 1 aromatic heterocycles. The Morgan fingerprint density at radius 3 is 2.42 bits per heavy atom.